The van der Waals surface area contributed by atoms with Crippen molar-refractivity contribution in [3.05, 3.63) is 58.5 Å². The number of hydrogen-bond donors (Lipinski definition) is 1. The third-order valence-corrected chi connectivity index (χ3v) is 5.21. The van der Waals surface area contributed by atoms with Gasteiger partial charge in [0.1, 0.15) is 0 Å². The number of thioether (sulfide) groups is 1. The maximum Gasteiger partial charge on any atom is 0.294 e. The fraction of sp³-hybridized carbons (Fsp3) is 0.174. The fourth-order valence-electron chi connectivity index (χ4n) is 2.75. The van der Waals surface area contributed by atoms with Gasteiger partial charge in [0, 0.05) is 5.69 Å². The lowest BCUT2D eigenvalue weighted by molar-refractivity contribution is -0.122. The van der Waals surface area contributed by atoms with E-state index < -0.39 is 11.1 Å². The fourth-order valence-corrected chi connectivity index (χ4v) is 3.59. The number of nitrogens with zero attached hydrogens (tertiary/aromatic N) is 1. The van der Waals surface area contributed by atoms with Crippen LogP contribution in [0.15, 0.2) is 47.4 Å². The molecule has 2 aromatic rings. The van der Waals surface area contributed by atoms with E-state index >= 15 is 0 Å². The molecule has 0 aromatic heterocycles. The first-order chi connectivity index (χ1) is 14.9. The molecule has 2 aromatic carbocycles. The van der Waals surface area contributed by atoms with Gasteiger partial charge in [0.15, 0.2) is 18.1 Å². The van der Waals surface area contributed by atoms with Crippen molar-refractivity contribution < 1.29 is 23.9 Å². The Bertz CT molecular complexity index is 1090. The minimum atomic E-state index is -0.431. The Labute approximate surface area is 184 Å². The number of amides is 3. The van der Waals surface area contributed by atoms with Crippen molar-refractivity contribution in [2.24, 2.45) is 0 Å². The van der Waals surface area contributed by atoms with Crippen LogP contribution in [0.5, 0.6) is 11.5 Å². The molecule has 0 spiro atoms. The number of terminal acetylenes is 1. The maximum atomic E-state index is 12.3. The average Bonchev–Trinajstić information content (AvgIpc) is 3.02. The van der Waals surface area contributed by atoms with E-state index in [2.05, 4.69) is 11.2 Å². The zero-order chi connectivity index (χ0) is 22.4. The third-order valence-electron chi connectivity index (χ3n) is 4.30. The second-order valence-corrected chi connectivity index (χ2v) is 7.58. The number of anilines is 1. The topological polar surface area (TPSA) is 84.9 Å². The van der Waals surface area contributed by atoms with Crippen LogP contribution in [0.3, 0.4) is 0 Å². The van der Waals surface area contributed by atoms with Crippen molar-refractivity contribution in [1.29, 1.82) is 0 Å². The third kappa shape index (κ3) is 5.47. The van der Waals surface area contributed by atoms with Gasteiger partial charge in [-0.1, -0.05) is 29.7 Å². The van der Waals surface area contributed by atoms with Crippen LogP contribution in [0.1, 0.15) is 11.1 Å². The Hall–Kier alpha value is -3.70. The number of ether oxygens (including phenoxy) is 2. The summed E-state index contributed by atoms with van der Waals surface area (Å²) in [5, 5.41) is 2.35. The number of benzene rings is 2. The molecule has 1 aliphatic rings. The number of carbonyl (C=O) groups is 3. The Morgan fingerprint density at radius 2 is 1.94 bits per heavy atom. The van der Waals surface area contributed by atoms with Gasteiger partial charge >= 0.3 is 0 Å². The molecule has 7 nitrogen and oxygen atoms in total. The Morgan fingerprint density at radius 1 is 1.19 bits per heavy atom. The van der Waals surface area contributed by atoms with E-state index in [1.54, 1.807) is 24.3 Å². The summed E-state index contributed by atoms with van der Waals surface area (Å²) < 4.78 is 10.9. The van der Waals surface area contributed by atoms with Crippen molar-refractivity contribution in [1.82, 2.24) is 4.90 Å². The molecule has 31 heavy (non-hydrogen) atoms. The van der Waals surface area contributed by atoms with Crippen LogP contribution in [-0.4, -0.2) is 42.2 Å². The molecular weight excluding hydrogens is 416 g/mol. The van der Waals surface area contributed by atoms with E-state index in [-0.39, 0.29) is 24.0 Å². The van der Waals surface area contributed by atoms with Crippen molar-refractivity contribution >= 4 is 40.6 Å². The van der Waals surface area contributed by atoms with Crippen LogP contribution in [0.25, 0.3) is 6.08 Å². The Kier molecular flexibility index (Phi) is 7.00. The van der Waals surface area contributed by atoms with Crippen LogP contribution in [-0.2, 0) is 9.59 Å². The maximum absolute atomic E-state index is 12.3. The van der Waals surface area contributed by atoms with E-state index in [1.165, 1.54) is 7.11 Å². The summed E-state index contributed by atoms with van der Waals surface area (Å²) in [6, 6.07) is 12.4. The molecule has 0 atom stereocenters. The molecule has 1 fully saturated rings. The lowest BCUT2D eigenvalue weighted by Crippen LogP contribution is -2.28. The molecule has 3 amide bonds. The van der Waals surface area contributed by atoms with Gasteiger partial charge in [-0.15, -0.1) is 6.42 Å². The zero-order valence-electron chi connectivity index (χ0n) is 17.0. The molecule has 1 heterocycles. The van der Waals surface area contributed by atoms with E-state index in [0.717, 1.165) is 22.2 Å². The van der Waals surface area contributed by atoms with Gasteiger partial charge in [-0.2, -0.15) is 0 Å². The van der Waals surface area contributed by atoms with Gasteiger partial charge in [0.2, 0.25) is 0 Å². The number of imide groups is 1. The second-order valence-electron chi connectivity index (χ2n) is 6.59. The number of carbonyl (C=O) groups excluding carboxylic acids is 3. The molecule has 0 unspecified atom stereocenters. The Balaban J connectivity index is 1.67. The highest BCUT2D eigenvalue weighted by atomic mass is 32.2. The predicted octanol–water partition coefficient (Wildman–Crippen LogP) is 3.69. The van der Waals surface area contributed by atoms with Crippen molar-refractivity contribution in [3.8, 4) is 23.8 Å². The highest BCUT2D eigenvalue weighted by Gasteiger charge is 2.34. The normalized spacial score (nSPS) is 14.5. The SMILES string of the molecule is C#CCN1C(=O)S/C(=C/c2ccc(OCC(=O)Nc3ccc(C)cc3)c(OC)c2)C1=O. The van der Waals surface area contributed by atoms with Gasteiger partial charge in [-0.3, -0.25) is 19.3 Å². The molecule has 8 heteroatoms. The number of aryl methyl sites for hydroxylation is 1. The summed E-state index contributed by atoms with van der Waals surface area (Å²) in [4.78, 5) is 37.6. The van der Waals surface area contributed by atoms with Crippen LogP contribution < -0.4 is 14.8 Å². The molecule has 1 aliphatic heterocycles. The number of rotatable bonds is 7. The molecule has 1 N–H and O–H groups in total. The highest BCUT2D eigenvalue weighted by Crippen LogP contribution is 2.34. The lowest BCUT2D eigenvalue weighted by atomic mass is 10.2. The largest absolute Gasteiger partial charge is 0.493 e. The van der Waals surface area contributed by atoms with Crippen LogP contribution in [0, 0.1) is 19.3 Å². The smallest absolute Gasteiger partial charge is 0.294 e. The molecule has 0 bridgehead atoms. The second kappa shape index (κ2) is 9.87. The number of methoxy groups -OCH3 is 1. The summed E-state index contributed by atoms with van der Waals surface area (Å²) in [6.45, 7) is 1.70. The molecule has 0 aliphatic carbocycles. The van der Waals surface area contributed by atoms with Crippen molar-refractivity contribution in [2.75, 3.05) is 25.6 Å². The standard InChI is InChI=1S/C23H20N2O5S/c1-4-11-25-22(27)20(31-23(25)28)13-16-7-10-18(19(12-16)29-3)30-14-21(26)24-17-8-5-15(2)6-9-17/h1,5-10,12-13H,11,14H2,2-3H3,(H,24,26)/b20-13+. The van der Waals surface area contributed by atoms with Gasteiger partial charge in [0.05, 0.1) is 18.6 Å². The molecular formula is C23H20N2O5S. The molecule has 0 saturated carbocycles. The lowest BCUT2D eigenvalue weighted by Gasteiger charge is -2.12. The van der Waals surface area contributed by atoms with Crippen LogP contribution >= 0.6 is 11.8 Å². The molecule has 158 valence electrons. The zero-order valence-corrected chi connectivity index (χ0v) is 17.8. The summed E-state index contributed by atoms with van der Waals surface area (Å²) >= 11 is 0.828. The van der Waals surface area contributed by atoms with Gasteiger partial charge < -0.3 is 14.8 Å². The summed E-state index contributed by atoms with van der Waals surface area (Å²) in [5.74, 6) is 2.32. The monoisotopic (exact) mass is 436 g/mol. The van der Waals surface area contributed by atoms with E-state index in [4.69, 9.17) is 15.9 Å². The predicted molar refractivity (Wildman–Crippen MR) is 120 cm³/mol. The van der Waals surface area contributed by atoms with E-state index in [1.807, 2.05) is 31.2 Å². The van der Waals surface area contributed by atoms with Crippen LogP contribution in [0.4, 0.5) is 10.5 Å². The highest BCUT2D eigenvalue weighted by molar-refractivity contribution is 8.18. The first-order valence-corrected chi connectivity index (χ1v) is 10.1. The summed E-state index contributed by atoms with van der Waals surface area (Å²) in [5.41, 5.74) is 2.42. The van der Waals surface area contributed by atoms with Gasteiger partial charge in [-0.05, 0) is 54.6 Å². The summed E-state index contributed by atoms with van der Waals surface area (Å²) in [7, 11) is 1.47. The minimum Gasteiger partial charge on any atom is -0.493 e. The number of nitrogens with one attached hydrogen (secondary N) is 1. The first-order valence-electron chi connectivity index (χ1n) is 9.27. The van der Waals surface area contributed by atoms with E-state index in [0.29, 0.717) is 22.7 Å². The van der Waals surface area contributed by atoms with Crippen LogP contribution in [0.2, 0.25) is 0 Å². The Morgan fingerprint density at radius 3 is 2.61 bits per heavy atom. The minimum absolute atomic E-state index is 0.0667. The molecule has 1 saturated heterocycles. The number of hydrogen-bond acceptors (Lipinski definition) is 6. The summed E-state index contributed by atoms with van der Waals surface area (Å²) in [6.07, 6.45) is 6.78. The van der Waals surface area contributed by atoms with Gasteiger partial charge in [0.25, 0.3) is 17.1 Å². The first kappa shape index (κ1) is 22.0. The van der Waals surface area contributed by atoms with E-state index in [9.17, 15) is 14.4 Å². The average molecular weight is 436 g/mol. The molecule has 0 radical (unpaired) electrons. The quantitative estimate of drug-likeness (QED) is 0.526. The van der Waals surface area contributed by atoms with Crippen molar-refractivity contribution in [3.63, 3.8) is 0 Å². The van der Waals surface area contributed by atoms with Crippen molar-refractivity contribution in [2.45, 2.75) is 6.92 Å². The van der Waals surface area contributed by atoms with Gasteiger partial charge in [-0.25, -0.2) is 0 Å². The molecule has 3 rings (SSSR count).